The van der Waals surface area contributed by atoms with E-state index in [1.54, 1.807) is 6.07 Å². The molecule has 0 spiro atoms. The molecule has 2 heterocycles. The number of ether oxygens (including phenoxy) is 1. The Morgan fingerprint density at radius 1 is 0.964 bits per heavy atom. The van der Waals surface area contributed by atoms with Crippen molar-refractivity contribution in [3.63, 3.8) is 0 Å². The number of hydrogen-bond acceptors (Lipinski definition) is 2. The molecule has 2 N–H and O–H groups in total. The van der Waals surface area contributed by atoms with Gasteiger partial charge in [-0.3, -0.25) is 0 Å². The predicted molar refractivity (Wildman–Crippen MR) is 109 cm³/mol. The van der Waals surface area contributed by atoms with Crippen LogP contribution in [-0.4, -0.2) is 11.5 Å². The zero-order chi connectivity index (χ0) is 18.9. The molecule has 3 nitrogen and oxygen atoms in total. The number of rotatable bonds is 4. The second kappa shape index (κ2) is 7.13. The number of aromatic nitrogens is 1. The third-order valence-corrected chi connectivity index (χ3v) is 5.38. The fraction of sp³-hybridized carbons (Fsp3) is 0.167. The van der Waals surface area contributed by atoms with Crippen LogP contribution in [-0.2, 0) is 13.0 Å². The lowest BCUT2D eigenvalue weighted by Crippen LogP contribution is -2.30. The predicted octanol–water partition coefficient (Wildman–Crippen LogP) is 5.12. The molecule has 4 aromatic rings. The van der Waals surface area contributed by atoms with Gasteiger partial charge in [-0.15, -0.1) is 0 Å². The fourth-order valence-corrected chi connectivity index (χ4v) is 3.98. The number of fused-ring (bicyclic) bond motifs is 3. The second-order valence-corrected chi connectivity index (χ2v) is 7.19. The van der Waals surface area contributed by atoms with Gasteiger partial charge in [0.1, 0.15) is 18.2 Å². The van der Waals surface area contributed by atoms with Crippen molar-refractivity contribution >= 4 is 10.9 Å². The summed E-state index contributed by atoms with van der Waals surface area (Å²) in [7, 11) is 0. The Morgan fingerprint density at radius 3 is 2.61 bits per heavy atom. The topological polar surface area (TPSA) is 37.0 Å². The first-order valence-electron chi connectivity index (χ1n) is 9.58. The van der Waals surface area contributed by atoms with Gasteiger partial charge in [0.2, 0.25) is 0 Å². The molecule has 1 atom stereocenters. The average Bonchev–Trinajstić information content (AvgIpc) is 3.11. The Bertz CT molecular complexity index is 1100. The van der Waals surface area contributed by atoms with E-state index < -0.39 is 0 Å². The monoisotopic (exact) mass is 372 g/mol. The Labute approximate surface area is 163 Å². The number of H-pyrrole nitrogens is 1. The maximum absolute atomic E-state index is 13.7. The summed E-state index contributed by atoms with van der Waals surface area (Å²) in [5, 5.41) is 4.57. The summed E-state index contributed by atoms with van der Waals surface area (Å²) < 4.78 is 19.6. The number of aromatic amines is 1. The molecule has 0 aliphatic carbocycles. The minimum atomic E-state index is -0.190. The van der Waals surface area contributed by atoms with Gasteiger partial charge < -0.3 is 15.0 Å². The zero-order valence-corrected chi connectivity index (χ0v) is 15.4. The van der Waals surface area contributed by atoms with Gasteiger partial charge in [0, 0.05) is 23.1 Å². The highest BCUT2D eigenvalue weighted by atomic mass is 19.1. The number of hydrogen-bond donors (Lipinski definition) is 2. The quantitative estimate of drug-likeness (QED) is 0.522. The minimum absolute atomic E-state index is 0.0717. The molecule has 1 aliphatic rings. The molecular weight excluding hydrogens is 351 g/mol. The van der Waals surface area contributed by atoms with Gasteiger partial charge in [0.15, 0.2) is 0 Å². The Kier molecular flexibility index (Phi) is 4.34. The van der Waals surface area contributed by atoms with Crippen LogP contribution in [0.25, 0.3) is 10.9 Å². The van der Waals surface area contributed by atoms with E-state index in [4.69, 9.17) is 4.74 Å². The molecule has 0 saturated carbocycles. The van der Waals surface area contributed by atoms with Gasteiger partial charge in [0.25, 0.3) is 0 Å². The number of benzene rings is 3. The van der Waals surface area contributed by atoms with Crippen molar-refractivity contribution < 1.29 is 9.13 Å². The number of halogens is 1. The van der Waals surface area contributed by atoms with Gasteiger partial charge in [-0.1, -0.05) is 42.5 Å². The van der Waals surface area contributed by atoms with Crippen LogP contribution >= 0.6 is 0 Å². The molecule has 28 heavy (non-hydrogen) atoms. The van der Waals surface area contributed by atoms with Gasteiger partial charge in [-0.05, 0) is 53.4 Å². The van der Waals surface area contributed by atoms with E-state index >= 15 is 0 Å². The molecule has 0 fully saturated rings. The molecule has 0 saturated heterocycles. The standard InChI is InChI=1S/C24H21FN2O/c25-18-8-11-22-21(14-18)20-12-13-26-23(24(20)27-22)17-6-9-19(10-7-17)28-15-16-4-2-1-3-5-16/h1-11,14,23,26-27H,12-13,15H2. The van der Waals surface area contributed by atoms with E-state index in [0.29, 0.717) is 6.61 Å². The molecule has 0 radical (unpaired) electrons. The Morgan fingerprint density at radius 2 is 1.79 bits per heavy atom. The first-order chi connectivity index (χ1) is 13.8. The average molecular weight is 372 g/mol. The van der Waals surface area contributed by atoms with Crippen molar-refractivity contribution in [2.45, 2.75) is 19.1 Å². The summed E-state index contributed by atoms with van der Waals surface area (Å²) in [5.41, 5.74) is 5.64. The second-order valence-electron chi connectivity index (χ2n) is 7.19. The van der Waals surface area contributed by atoms with Gasteiger partial charge in [0.05, 0.1) is 6.04 Å². The molecule has 140 valence electrons. The van der Waals surface area contributed by atoms with Gasteiger partial charge >= 0.3 is 0 Å². The largest absolute Gasteiger partial charge is 0.489 e. The maximum atomic E-state index is 13.7. The van der Waals surface area contributed by atoms with Crippen LogP contribution in [0, 0.1) is 5.82 Å². The molecule has 4 heteroatoms. The van der Waals surface area contributed by atoms with Crippen molar-refractivity contribution in [2.75, 3.05) is 6.54 Å². The van der Waals surface area contributed by atoms with Crippen molar-refractivity contribution in [1.29, 1.82) is 0 Å². The van der Waals surface area contributed by atoms with E-state index in [9.17, 15) is 4.39 Å². The van der Waals surface area contributed by atoms with Crippen molar-refractivity contribution in [3.8, 4) is 5.75 Å². The molecule has 0 bridgehead atoms. The van der Waals surface area contributed by atoms with E-state index in [1.165, 1.54) is 17.2 Å². The summed E-state index contributed by atoms with van der Waals surface area (Å²) in [6.45, 7) is 1.42. The van der Waals surface area contributed by atoms with Crippen LogP contribution < -0.4 is 10.1 Å². The van der Waals surface area contributed by atoms with Crippen LogP contribution in [0.4, 0.5) is 4.39 Å². The third-order valence-electron chi connectivity index (χ3n) is 5.38. The molecule has 0 amide bonds. The van der Waals surface area contributed by atoms with Crippen LogP contribution in [0.15, 0.2) is 72.8 Å². The fourth-order valence-electron chi connectivity index (χ4n) is 3.98. The molecule has 3 aromatic carbocycles. The third kappa shape index (κ3) is 3.16. The molecule has 1 aromatic heterocycles. The highest BCUT2D eigenvalue weighted by Crippen LogP contribution is 2.34. The van der Waals surface area contributed by atoms with Crippen LogP contribution in [0.3, 0.4) is 0 Å². The molecule has 1 aliphatic heterocycles. The van der Waals surface area contributed by atoms with Crippen molar-refractivity contribution in [3.05, 3.63) is 101 Å². The minimum Gasteiger partial charge on any atom is -0.489 e. The number of nitrogens with one attached hydrogen (secondary N) is 2. The molecular formula is C24H21FN2O. The lowest BCUT2D eigenvalue weighted by atomic mass is 9.94. The smallest absolute Gasteiger partial charge is 0.123 e. The zero-order valence-electron chi connectivity index (χ0n) is 15.4. The Balaban J connectivity index is 1.39. The Hall–Kier alpha value is -3.11. The van der Waals surface area contributed by atoms with Crippen molar-refractivity contribution in [1.82, 2.24) is 10.3 Å². The van der Waals surface area contributed by atoms with Gasteiger partial charge in [-0.25, -0.2) is 4.39 Å². The molecule has 1 unspecified atom stereocenters. The highest BCUT2D eigenvalue weighted by molar-refractivity contribution is 5.85. The van der Waals surface area contributed by atoms with Crippen LogP contribution in [0.1, 0.15) is 28.4 Å². The van der Waals surface area contributed by atoms with E-state index in [-0.39, 0.29) is 11.9 Å². The van der Waals surface area contributed by atoms with Gasteiger partial charge in [-0.2, -0.15) is 0 Å². The van der Waals surface area contributed by atoms with E-state index in [2.05, 4.69) is 34.6 Å². The first-order valence-corrected chi connectivity index (χ1v) is 9.58. The SMILES string of the molecule is Fc1ccc2[nH]c3c(c2c1)CCNC3c1ccc(OCc2ccccc2)cc1. The van der Waals surface area contributed by atoms with E-state index in [1.807, 2.05) is 36.4 Å². The van der Waals surface area contributed by atoms with Crippen LogP contribution in [0.2, 0.25) is 0 Å². The lowest BCUT2D eigenvalue weighted by Gasteiger charge is -2.25. The summed E-state index contributed by atoms with van der Waals surface area (Å²) in [4.78, 5) is 3.49. The summed E-state index contributed by atoms with van der Waals surface area (Å²) in [5.74, 6) is 0.659. The summed E-state index contributed by atoms with van der Waals surface area (Å²) >= 11 is 0. The normalized spacial score (nSPS) is 16.1. The molecule has 5 rings (SSSR count). The highest BCUT2D eigenvalue weighted by Gasteiger charge is 2.25. The summed E-state index contributed by atoms with van der Waals surface area (Å²) in [6, 6.07) is 23.4. The lowest BCUT2D eigenvalue weighted by molar-refractivity contribution is 0.306. The summed E-state index contributed by atoms with van der Waals surface area (Å²) in [6.07, 6.45) is 0.896. The van der Waals surface area contributed by atoms with Crippen LogP contribution in [0.5, 0.6) is 5.75 Å². The maximum Gasteiger partial charge on any atom is 0.123 e. The van der Waals surface area contributed by atoms with Crippen molar-refractivity contribution in [2.24, 2.45) is 0 Å². The first kappa shape index (κ1) is 17.0. The van der Waals surface area contributed by atoms with E-state index in [0.717, 1.165) is 40.9 Å².